The predicted molar refractivity (Wildman–Crippen MR) is 78.4 cm³/mol. The molecule has 5 nitrogen and oxygen atoms in total. The number of nitrogens with zero attached hydrogens (tertiary/aromatic N) is 1. The van der Waals surface area contributed by atoms with E-state index in [1.54, 1.807) is 26.6 Å². The summed E-state index contributed by atoms with van der Waals surface area (Å²) in [6.45, 7) is 2.65. The monoisotopic (exact) mass is 295 g/mol. The van der Waals surface area contributed by atoms with Crippen molar-refractivity contribution < 1.29 is 9.47 Å². The Labute approximate surface area is 123 Å². The summed E-state index contributed by atoms with van der Waals surface area (Å²) in [5.74, 6) is 2.07. The van der Waals surface area contributed by atoms with Gasteiger partial charge in [0.1, 0.15) is 5.82 Å². The minimum Gasteiger partial charge on any atom is -0.493 e. The minimum absolute atomic E-state index is 0.106. The van der Waals surface area contributed by atoms with Crippen molar-refractivity contribution in [3.05, 3.63) is 40.9 Å². The SMILES string of the molecule is COc1ccc(CNC(C)c2ncc[nH]2)c(Cl)c1OC. The van der Waals surface area contributed by atoms with E-state index in [9.17, 15) is 0 Å². The highest BCUT2D eigenvalue weighted by Gasteiger charge is 2.14. The fraction of sp³-hybridized carbons (Fsp3) is 0.357. The Balaban J connectivity index is 2.10. The van der Waals surface area contributed by atoms with Crippen LogP contribution in [0.5, 0.6) is 11.5 Å². The zero-order valence-electron chi connectivity index (χ0n) is 11.7. The van der Waals surface area contributed by atoms with Gasteiger partial charge >= 0.3 is 0 Å². The second-order valence-corrected chi connectivity index (χ2v) is 4.73. The Hall–Kier alpha value is -1.72. The molecule has 0 bridgehead atoms. The van der Waals surface area contributed by atoms with Crippen molar-refractivity contribution in [3.63, 3.8) is 0 Å². The van der Waals surface area contributed by atoms with Crippen LogP contribution in [0.15, 0.2) is 24.5 Å². The number of nitrogens with one attached hydrogen (secondary N) is 2. The molecule has 0 fully saturated rings. The number of hydrogen-bond acceptors (Lipinski definition) is 4. The van der Waals surface area contributed by atoms with E-state index in [-0.39, 0.29) is 6.04 Å². The first kappa shape index (κ1) is 14.7. The molecule has 20 heavy (non-hydrogen) atoms. The smallest absolute Gasteiger partial charge is 0.179 e. The van der Waals surface area contributed by atoms with Crippen LogP contribution in [0, 0.1) is 0 Å². The third kappa shape index (κ3) is 3.05. The van der Waals surface area contributed by atoms with E-state index in [2.05, 4.69) is 15.3 Å². The van der Waals surface area contributed by atoms with Crippen molar-refractivity contribution in [2.75, 3.05) is 14.2 Å². The normalized spacial score (nSPS) is 12.2. The van der Waals surface area contributed by atoms with E-state index < -0.39 is 0 Å². The van der Waals surface area contributed by atoms with Gasteiger partial charge in [0, 0.05) is 18.9 Å². The van der Waals surface area contributed by atoms with Crippen LogP contribution in [0.4, 0.5) is 0 Å². The summed E-state index contributed by atoms with van der Waals surface area (Å²) >= 11 is 6.33. The Morgan fingerprint density at radius 1 is 1.35 bits per heavy atom. The lowest BCUT2D eigenvalue weighted by atomic mass is 10.2. The number of hydrogen-bond donors (Lipinski definition) is 2. The number of benzene rings is 1. The van der Waals surface area contributed by atoms with Gasteiger partial charge in [-0.2, -0.15) is 0 Å². The minimum atomic E-state index is 0.106. The number of ether oxygens (including phenoxy) is 2. The van der Waals surface area contributed by atoms with E-state index in [1.807, 2.05) is 19.1 Å². The molecule has 108 valence electrons. The van der Waals surface area contributed by atoms with E-state index in [4.69, 9.17) is 21.1 Å². The van der Waals surface area contributed by atoms with Crippen LogP contribution in [0.1, 0.15) is 24.4 Å². The van der Waals surface area contributed by atoms with Gasteiger partial charge in [-0.25, -0.2) is 4.98 Å². The molecule has 0 aliphatic heterocycles. The van der Waals surface area contributed by atoms with Gasteiger partial charge in [-0.3, -0.25) is 0 Å². The topological polar surface area (TPSA) is 59.2 Å². The van der Waals surface area contributed by atoms with Crippen LogP contribution in [0.25, 0.3) is 0 Å². The van der Waals surface area contributed by atoms with E-state index >= 15 is 0 Å². The van der Waals surface area contributed by atoms with Gasteiger partial charge < -0.3 is 19.8 Å². The van der Waals surface area contributed by atoms with Crippen molar-refractivity contribution in [1.29, 1.82) is 0 Å². The Morgan fingerprint density at radius 2 is 2.15 bits per heavy atom. The maximum atomic E-state index is 6.33. The first-order chi connectivity index (χ1) is 9.67. The van der Waals surface area contributed by atoms with Crippen molar-refractivity contribution >= 4 is 11.6 Å². The van der Waals surface area contributed by atoms with Gasteiger partial charge in [0.2, 0.25) is 0 Å². The van der Waals surface area contributed by atoms with Crippen molar-refractivity contribution in [1.82, 2.24) is 15.3 Å². The maximum Gasteiger partial charge on any atom is 0.179 e. The van der Waals surface area contributed by atoms with Crippen LogP contribution in [0.2, 0.25) is 5.02 Å². The molecular weight excluding hydrogens is 278 g/mol. The lowest BCUT2D eigenvalue weighted by Crippen LogP contribution is -2.19. The summed E-state index contributed by atoms with van der Waals surface area (Å²) in [5, 5.41) is 3.92. The summed E-state index contributed by atoms with van der Waals surface area (Å²) in [7, 11) is 3.16. The highest BCUT2D eigenvalue weighted by molar-refractivity contribution is 6.33. The van der Waals surface area contributed by atoms with Gasteiger partial charge in [-0.05, 0) is 18.6 Å². The molecule has 0 aliphatic rings. The molecule has 2 rings (SSSR count). The Kier molecular flexibility index (Phi) is 4.87. The molecule has 0 saturated carbocycles. The van der Waals surface area contributed by atoms with Crippen LogP contribution in [0.3, 0.4) is 0 Å². The second-order valence-electron chi connectivity index (χ2n) is 4.35. The number of aromatic nitrogens is 2. The molecule has 2 aromatic rings. The molecule has 1 unspecified atom stereocenters. The van der Waals surface area contributed by atoms with Gasteiger partial charge in [-0.1, -0.05) is 17.7 Å². The summed E-state index contributed by atoms with van der Waals surface area (Å²) in [6, 6.07) is 3.87. The van der Waals surface area contributed by atoms with Crippen LogP contribution >= 0.6 is 11.6 Å². The maximum absolute atomic E-state index is 6.33. The van der Waals surface area contributed by atoms with E-state index in [0.717, 1.165) is 11.4 Å². The third-order valence-corrected chi connectivity index (χ3v) is 3.51. The predicted octanol–water partition coefficient (Wildman–Crippen LogP) is 2.93. The summed E-state index contributed by atoms with van der Waals surface area (Å²) < 4.78 is 10.5. The van der Waals surface area contributed by atoms with Crippen LogP contribution < -0.4 is 14.8 Å². The highest BCUT2D eigenvalue weighted by Crippen LogP contribution is 2.37. The molecule has 1 aromatic carbocycles. The Morgan fingerprint density at radius 3 is 2.75 bits per heavy atom. The third-order valence-electron chi connectivity index (χ3n) is 3.09. The van der Waals surface area contributed by atoms with Gasteiger partial charge in [-0.15, -0.1) is 0 Å². The molecule has 0 amide bonds. The number of imidazole rings is 1. The molecular formula is C14H18ClN3O2. The summed E-state index contributed by atoms with van der Waals surface area (Å²) in [4.78, 5) is 7.29. The quantitative estimate of drug-likeness (QED) is 0.860. The first-order valence-electron chi connectivity index (χ1n) is 6.29. The fourth-order valence-electron chi connectivity index (χ4n) is 1.94. The zero-order valence-corrected chi connectivity index (χ0v) is 12.5. The summed E-state index contributed by atoms with van der Waals surface area (Å²) in [5.41, 5.74) is 0.947. The summed E-state index contributed by atoms with van der Waals surface area (Å²) in [6.07, 6.45) is 3.54. The van der Waals surface area contributed by atoms with Crippen molar-refractivity contribution in [3.8, 4) is 11.5 Å². The van der Waals surface area contributed by atoms with E-state index in [1.165, 1.54) is 0 Å². The van der Waals surface area contributed by atoms with Crippen molar-refractivity contribution in [2.24, 2.45) is 0 Å². The van der Waals surface area contributed by atoms with Gasteiger partial charge in [0.05, 0.1) is 25.3 Å². The highest BCUT2D eigenvalue weighted by atomic mass is 35.5. The molecule has 0 radical (unpaired) electrons. The lowest BCUT2D eigenvalue weighted by molar-refractivity contribution is 0.354. The molecule has 2 N–H and O–H groups in total. The molecule has 0 aliphatic carbocycles. The Bertz CT molecular complexity index is 558. The number of aromatic amines is 1. The average Bonchev–Trinajstić information content (AvgIpc) is 2.99. The van der Waals surface area contributed by atoms with Crippen molar-refractivity contribution in [2.45, 2.75) is 19.5 Å². The number of methoxy groups -OCH3 is 2. The largest absolute Gasteiger partial charge is 0.493 e. The molecule has 6 heteroatoms. The van der Waals surface area contributed by atoms with E-state index in [0.29, 0.717) is 23.1 Å². The molecule has 1 heterocycles. The molecule has 1 aromatic heterocycles. The first-order valence-corrected chi connectivity index (χ1v) is 6.67. The molecule has 1 atom stereocenters. The zero-order chi connectivity index (χ0) is 14.5. The lowest BCUT2D eigenvalue weighted by Gasteiger charge is -2.15. The van der Waals surface area contributed by atoms with Crippen LogP contribution in [-0.2, 0) is 6.54 Å². The number of rotatable bonds is 6. The number of H-pyrrole nitrogens is 1. The standard InChI is InChI=1S/C14H18ClN3O2/c1-9(14-16-6-7-17-14)18-8-10-4-5-11(19-2)13(20-3)12(10)15/h4-7,9,18H,8H2,1-3H3,(H,16,17). The molecule has 0 spiro atoms. The molecule has 0 saturated heterocycles. The van der Waals surface area contributed by atoms with Gasteiger partial charge in [0.15, 0.2) is 11.5 Å². The average molecular weight is 296 g/mol. The second kappa shape index (κ2) is 6.63. The number of halogens is 1. The fourth-order valence-corrected chi connectivity index (χ4v) is 2.24. The van der Waals surface area contributed by atoms with Crippen LogP contribution in [-0.4, -0.2) is 24.2 Å². The van der Waals surface area contributed by atoms with Gasteiger partial charge in [0.25, 0.3) is 0 Å².